The van der Waals surface area contributed by atoms with Crippen LogP contribution in [0.25, 0.3) is 10.9 Å². The summed E-state index contributed by atoms with van der Waals surface area (Å²) >= 11 is 14.1. The number of thiazole rings is 1. The van der Waals surface area contributed by atoms with Crippen molar-refractivity contribution >= 4 is 144 Å². The van der Waals surface area contributed by atoms with Crippen molar-refractivity contribution in [3.05, 3.63) is 152 Å². The second-order valence-electron chi connectivity index (χ2n) is 32.9. The van der Waals surface area contributed by atoms with Gasteiger partial charge in [-0.15, -0.1) is 11.3 Å². The van der Waals surface area contributed by atoms with E-state index in [9.17, 15) is 57.3 Å². The molecule has 0 radical (unpaired) electrons. The predicted molar refractivity (Wildman–Crippen MR) is 472 cm³/mol. The third-order valence-corrected chi connectivity index (χ3v) is 25.8. The second kappa shape index (κ2) is 45.8. The highest BCUT2D eigenvalue weighted by Gasteiger charge is 2.47. The number of phenolic OH excluding ortho intramolecular Hbond substituents is 1. The Bertz CT molecular complexity index is 5100. The van der Waals surface area contributed by atoms with Crippen LogP contribution >= 0.6 is 34.5 Å². The Morgan fingerprint density at radius 2 is 1.32 bits per heavy atom. The van der Waals surface area contributed by atoms with E-state index in [1.807, 2.05) is 24.3 Å². The lowest BCUT2D eigenvalue weighted by Gasteiger charge is -2.36. The first-order chi connectivity index (χ1) is 60.3. The number of rotatable bonds is 24. The molecule has 12 N–H and O–H groups in total. The van der Waals surface area contributed by atoms with E-state index in [1.165, 1.54) is 79.5 Å². The average Bonchev–Trinajstić information content (AvgIpc) is 1.71. The van der Waals surface area contributed by atoms with E-state index in [-0.39, 0.29) is 93.1 Å². The molecule has 3 aliphatic heterocycles. The molecule has 13 amide bonds. The summed E-state index contributed by atoms with van der Waals surface area (Å²) in [6.07, 6.45) is -0.238. The summed E-state index contributed by atoms with van der Waals surface area (Å²) in [6, 6.07) is 6.81. The smallest absolute Gasteiger partial charge is 0.328 e. The molecule has 0 spiro atoms. The van der Waals surface area contributed by atoms with Gasteiger partial charge in [0.2, 0.25) is 76.8 Å². The molecule has 3 aliphatic rings. The number of para-hydroxylation sites is 1. The Morgan fingerprint density at radius 1 is 0.677 bits per heavy atom. The number of likely N-dealkylation sites (N-methyl/N-ethyl adjacent to an activating group) is 3. The number of benzene rings is 4. The second-order valence-corrected chi connectivity index (χ2v) is 36.8. The fourth-order valence-corrected chi connectivity index (χ4v) is 17.6. The molecule has 35 nitrogen and oxygen atoms in total. The monoisotopic (exact) mass is 1830 g/mol. The SMILES string of the molecule is CCC(C)[C@@H]1NC(=O)[C@H](C)NC(=O)C[C@@H](C(=O)N2CCC[C@H]2C(=O)N(C)[C@@H](Cc2cccc(Cl)c2)C(=O)N[C@@H](CO)C(=O)O)NC(=O)CCNC(=O)[C@@H](Cc2ccc(O)cc2)NC(=O)[C@H](CCS(C)(=O)=O)NC(=O)[C@H](Cc2cccc(Cl)c2)N(C)C(=O)[C@@H]2CCCN2C(=O)[C@H](Cc2c[nH]c3ccccc23)CC(=O)[C@H](Cc2cscn2)N(C)C(=O)[C@H]([C@@H](C)CC)NC1=O. The number of carbonyl (C=O) groups is 15. The zero-order chi connectivity index (χ0) is 92.8. The van der Waals surface area contributed by atoms with Crippen molar-refractivity contribution in [1.29, 1.82) is 0 Å². The van der Waals surface area contributed by atoms with Crippen LogP contribution in [0.15, 0.2) is 114 Å². The number of hydrogen-bond acceptors (Lipinski definition) is 21. The minimum Gasteiger partial charge on any atom is -0.508 e. The minimum atomic E-state index is -3.95. The van der Waals surface area contributed by atoms with Gasteiger partial charge in [0.05, 0.1) is 36.0 Å². The molecule has 4 aromatic carbocycles. The molecule has 5 heterocycles. The number of aliphatic hydroxyl groups excluding tert-OH is 1. The number of carboxylic acid groups (broad SMARTS) is 1. The van der Waals surface area contributed by atoms with Crippen molar-refractivity contribution in [2.75, 3.05) is 59.4 Å². The van der Waals surface area contributed by atoms with Crippen LogP contribution in [0.5, 0.6) is 5.75 Å². The number of aliphatic carboxylic acids is 1. The topological polar surface area (TPSA) is 492 Å². The van der Waals surface area contributed by atoms with Crippen molar-refractivity contribution in [2.24, 2.45) is 17.8 Å². The number of H-pyrrole nitrogens is 1. The number of ketones is 1. The summed E-state index contributed by atoms with van der Waals surface area (Å²) < 4.78 is 26.2. The van der Waals surface area contributed by atoms with Crippen LogP contribution in [0.4, 0.5) is 0 Å². The molecule has 3 fully saturated rings. The normalized spacial score (nSPS) is 23.6. The Kier molecular flexibility index (Phi) is 35.9. The lowest BCUT2D eigenvalue weighted by molar-refractivity contribution is -0.149. The van der Waals surface area contributed by atoms with Crippen molar-refractivity contribution < 1.29 is 95.7 Å². The third kappa shape index (κ3) is 27.1. The van der Waals surface area contributed by atoms with Crippen LogP contribution in [0.3, 0.4) is 0 Å². The molecule has 3 saturated heterocycles. The van der Waals surface area contributed by atoms with Crippen molar-refractivity contribution in [1.82, 2.24) is 77.0 Å². The van der Waals surface area contributed by atoms with Crippen LogP contribution in [0.2, 0.25) is 10.0 Å². The molecular formula is C88H113Cl2N15O20S2. The van der Waals surface area contributed by atoms with Gasteiger partial charge in [-0.1, -0.05) is 118 Å². The fourth-order valence-electron chi connectivity index (χ4n) is 16.0. The maximum absolute atomic E-state index is 15.9. The number of carbonyl (C=O) groups excluding carboxylic acids is 14. The van der Waals surface area contributed by atoms with E-state index in [0.29, 0.717) is 34.4 Å². The number of nitrogens with zero attached hydrogens (tertiary/aromatic N) is 6. The molecule has 0 bridgehead atoms. The molecule has 686 valence electrons. The van der Waals surface area contributed by atoms with E-state index in [4.69, 9.17) is 23.2 Å². The number of aliphatic hydroxyl groups is 1. The highest BCUT2D eigenvalue weighted by atomic mass is 35.5. The van der Waals surface area contributed by atoms with Gasteiger partial charge in [0.15, 0.2) is 5.78 Å². The maximum Gasteiger partial charge on any atom is 0.328 e. The first-order valence-corrected chi connectivity index (χ1v) is 46.1. The lowest BCUT2D eigenvalue weighted by atomic mass is 9.88. The largest absolute Gasteiger partial charge is 0.508 e. The fraction of sp³-hybridized carbons (Fsp3) is 0.500. The number of nitrogens with one attached hydrogen (secondary N) is 9. The van der Waals surface area contributed by atoms with Gasteiger partial charge < -0.3 is 87.3 Å². The molecule has 0 aliphatic carbocycles. The standard InChI is InChI=1S/C88H113Cl2N15O20S2/c1-10-49(3)75-82(116)100-76(50(4)11-2)87(121)101(6)69(43-59-47-126-48-93-59)72(108)42-55(41-56-45-92-62-23-13-12-22-61(56)62)83(117)104-33-16-24-67(104)85(119)102(7)70(39-53-18-14-20-57(89)36-53)80(114)96-63(31-35-127(9,124)125)79(113)97-64(38-52-26-28-60(107)29-27-52)78(112)91-32-30-73(109)95-65(44-74(110)94-51(5)77(111)99-75)84(118)105-34-17-25-68(105)86(120)103(8)71(40-54-19-15-21-58(90)37-54)81(115)98-66(46-106)88(122)123/h12-15,18-23,26-29,36-37,45,47-51,55,63-71,75-76,92,106-107H,10-11,16-17,24-25,30-35,38-44,46H2,1-9H3,(H,91,112)(H,94,110)(H,95,109)(H,96,114)(H,97,113)(H,98,115)(H,99,111)(H,100,116)(H,122,123)/t49?,50-,51-,55+,63-,64+,65-,66-,67-,68-,69-,70-,71-,75-,76-/m0/s1. The van der Waals surface area contributed by atoms with Crippen molar-refractivity contribution in [2.45, 2.75) is 203 Å². The predicted octanol–water partition coefficient (Wildman–Crippen LogP) is 3.12. The van der Waals surface area contributed by atoms with Crippen LogP contribution in [0.1, 0.15) is 127 Å². The number of amides is 13. The van der Waals surface area contributed by atoms with Gasteiger partial charge in [0, 0.05) is 124 Å². The first-order valence-electron chi connectivity index (χ1n) is 42.3. The van der Waals surface area contributed by atoms with Crippen LogP contribution in [0, 0.1) is 17.8 Å². The quantitative estimate of drug-likeness (QED) is 0.0414. The number of Topliss-reactive ketones (excluding diaryl/α,β-unsaturated/α-hetero) is 1. The van der Waals surface area contributed by atoms with Crippen LogP contribution in [-0.2, 0) is 114 Å². The third-order valence-electron chi connectivity index (χ3n) is 23.8. The molecule has 9 rings (SSSR count). The van der Waals surface area contributed by atoms with Gasteiger partial charge in [-0.25, -0.2) is 18.2 Å². The van der Waals surface area contributed by atoms with E-state index in [2.05, 4.69) is 52.5 Å². The van der Waals surface area contributed by atoms with E-state index in [1.54, 1.807) is 87.2 Å². The summed E-state index contributed by atoms with van der Waals surface area (Å²) in [7, 11) is 0.0156. The van der Waals surface area contributed by atoms with Gasteiger partial charge in [-0.2, -0.15) is 0 Å². The Balaban J connectivity index is 1.11. The summed E-state index contributed by atoms with van der Waals surface area (Å²) in [5.41, 5.74) is 4.49. The highest BCUT2D eigenvalue weighted by Crippen LogP contribution is 2.32. The first kappa shape index (κ1) is 99.4. The number of sulfone groups is 1. The lowest BCUT2D eigenvalue weighted by Crippen LogP contribution is -2.60. The van der Waals surface area contributed by atoms with Gasteiger partial charge >= 0.3 is 5.97 Å². The minimum absolute atomic E-state index is 0.00919. The number of likely N-dealkylation sites (tertiary alicyclic amines) is 1. The highest BCUT2D eigenvalue weighted by molar-refractivity contribution is 7.90. The van der Waals surface area contributed by atoms with Gasteiger partial charge in [0.1, 0.15) is 82.0 Å². The molecule has 6 aromatic rings. The number of hydrogen-bond donors (Lipinski definition) is 12. The molecule has 2 aromatic heterocycles. The number of aromatic nitrogens is 2. The van der Waals surface area contributed by atoms with Gasteiger partial charge in [0.25, 0.3) is 0 Å². The Labute approximate surface area is 750 Å². The number of halogens is 2. The van der Waals surface area contributed by atoms with Crippen molar-refractivity contribution in [3.63, 3.8) is 0 Å². The molecule has 1 unspecified atom stereocenters. The molecule has 0 saturated carbocycles. The summed E-state index contributed by atoms with van der Waals surface area (Å²) in [6.45, 7) is 6.42. The summed E-state index contributed by atoms with van der Waals surface area (Å²) in [5, 5.41) is 53.7. The average molecular weight is 1840 g/mol. The molecule has 15 atom stereocenters. The summed E-state index contributed by atoms with van der Waals surface area (Å²) in [5.74, 6) is -17.5. The van der Waals surface area contributed by atoms with Crippen molar-refractivity contribution in [3.8, 4) is 5.75 Å². The molecule has 39 heteroatoms. The van der Waals surface area contributed by atoms with Gasteiger partial charge in [-0.05, 0) is 122 Å². The molecule has 127 heavy (non-hydrogen) atoms. The zero-order valence-electron chi connectivity index (χ0n) is 72.3. The van der Waals surface area contributed by atoms with E-state index >= 15 is 38.4 Å². The molecular weight excluding hydrogens is 1720 g/mol. The van der Waals surface area contributed by atoms with Gasteiger partial charge in [-0.3, -0.25) is 67.1 Å². The van der Waals surface area contributed by atoms with Crippen LogP contribution in [-0.4, -0.2) is 279 Å². The number of fused-ring (bicyclic) bond motifs is 2. The Hall–Kier alpha value is -11.4. The summed E-state index contributed by atoms with van der Waals surface area (Å²) in [4.78, 5) is 237. The number of carboxylic acids is 1. The van der Waals surface area contributed by atoms with E-state index in [0.717, 1.165) is 31.9 Å². The zero-order valence-corrected chi connectivity index (χ0v) is 75.5. The number of aromatic hydroxyl groups is 1. The number of aromatic amines is 1. The Morgan fingerprint density at radius 3 is 1.98 bits per heavy atom. The number of phenols is 1. The van der Waals surface area contributed by atoms with E-state index < -0.39 is 233 Å². The van der Waals surface area contributed by atoms with Crippen LogP contribution < -0.4 is 42.5 Å². The maximum atomic E-state index is 15.9.